The number of allylic oxidation sites excluding steroid dienone is 4. The summed E-state index contributed by atoms with van der Waals surface area (Å²) in [7, 11) is 2.10. The number of hydrogen-bond acceptors (Lipinski definition) is 2. The summed E-state index contributed by atoms with van der Waals surface area (Å²) in [6, 6.07) is 16.9. The normalized spacial score (nSPS) is 14.5. The van der Waals surface area contributed by atoms with E-state index in [1.54, 1.807) is 0 Å². The number of aromatic nitrogens is 3. The van der Waals surface area contributed by atoms with Crippen LogP contribution in [0.3, 0.4) is 0 Å². The second-order valence-electron chi connectivity index (χ2n) is 6.69. The molecule has 0 bridgehead atoms. The molecule has 0 radical (unpaired) electrons. The molecule has 3 heteroatoms. The van der Waals surface area contributed by atoms with Gasteiger partial charge in [0, 0.05) is 30.4 Å². The average molecular weight is 337 g/mol. The molecule has 3 aromatic heterocycles. The van der Waals surface area contributed by atoms with E-state index in [9.17, 15) is 0 Å². The minimum absolute atomic E-state index is 1.04. The molecule has 3 nitrogen and oxygen atoms in total. The summed E-state index contributed by atoms with van der Waals surface area (Å²) in [4.78, 5) is 9.20. The maximum atomic E-state index is 4.63. The van der Waals surface area contributed by atoms with E-state index in [0.717, 1.165) is 29.6 Å². The number of hydrogen-bond donors (Lipinski definition) is 0. The zero-order chi connectivity index (χ0) is 17.5. The molecule has 0 unspecified atom stereocenters. The van der Waals surface area contributed by atoms with E-state index < -0.39 is 0 Å². The molecule has 0 spiro atoms. The van der Waals surface area contributed by atoms with E-state index in [1.165, 1.54) is 27.6 Å². The van der Waals surface area contributed by atoms with Gasteiger partial charge in [-0.05, 0) is 60.4 Å². The molecular formula is C23H19N3. The highest BCUT2D eigenvalue weighted by Crippen LogP contribution is 2.37. The van der Waals surface area contributed by atoms with E-state index in [0.29, 0.717) is 0 Å². The van der Waals surface area contributed by atoms with Gasteiger partial charge in [0.1, 0.15) is 0 Å². The quantitative estimate of drug-likeness (QED) is 0.491. The molecule has 0 atom stereocenters. The van der Waals surface area contributed by atoms with Crippen molar-refractivity contribution in [2.24, 2.45) is 7.05 Å². The summed E-state index contributed by atoms with van der Waals surface area (Å²) in [5.74, 6) is 0. The van der Waals surface area contributed by atoms with E-state index in [-0.39, 0.29) is 0 Å². The van der Waals surface area contributed by atoms with Crippen LogP contribution in [0.15, 0.2) is 73.1 Å². The second-order valence-corrected chi connectivity index (χ2v) is 6.69. The van der Waals surface area contributed by atoms with Gasteiger partial charge in [-0.2, -0.15) is 0 Å². The van der Waals surface area contributed by atoms with Crippen LogP contribution in [0.1, 0.15) is 24.1 Å². The zero-order valence-electron chi connectivity index (χ0n) is 14.7. The van der Waals surface area contributed by atoms with Gasteiger partial charge in [-0.15, -0.1) is 0 Å². The molecule has 0 saturated carbocycles. The number of nitrogens with zero attached hydrogens (tertiary/aromatic N) is 3. The van der Waals surface area contributed by atoms with Gasteiger partial charge in [0.2, 0.25) is 0 Å². The number of rotatable bonds is 2. The number of aryl methyl sites for hydroxylation is 1. The Labute approximate surface area is 152 Å². The Bertz CT molecular complexity index is 1180. The lowest BCUT2D eigenvalue weighted by Gasteiger charge is -2.16. The van der Waals surface area contributed by atoms with Gasteiger partial charge >= 0.3 is 0 Å². The molecule has 26 heavy (non-hydrogen) atoms. The summed E-state index contributed by atoms with van der Waals surface area (Å²) in [6.07, 6.45) is 10.5. The van der Waals surface area contributed by atoms with Crippen molar-refractivity contribution in [2.45, 2.75) is 12.8 Å². The summed E-state index contributed by atoms with van der Waals surface area (Å²) in [6.45, 7) is 0. The minimum Gasteiger partial charge on any atom is -0.342 e. The highest BCUT2D eigenvalue weighted by atomic mass is 15.0. The molecule has 0 amide bonds. The first-order valence-electron chi connectivity index (χ1n) is 8.98. The molecule has 0 aliphatic heterocycles. The Morgan fingerprint density at radius 2 is 1.65 bits per heavy atom. The molecule has 0 fully saturated rings. The first-order chi connectivity index (χ1) is 12.8. The fourth-order valence-electron chi connectivity index (χ4n) is 3.90. The van der Waals surface area contributed by atoms with Crippen molar-refractivity contribution in [2.75, 3.05) is 0 Å². The van der Waals surface area contributed by atoms with Crippen molar-refractivity contribution in [1.29, 1.82) is 0 Å². The highest BCUT2D eigenvalue weighted by Gasteiger charge is 2.16. The van der Waals surface area contributed by atoms with Crippen LogP contribution in [0.2, 0.25) is 0 Å². The fourth-order valence-corrected chi connectivity index (χ4v) is 3.90. The lowest BCUT2D eigenvalue weighted by atomic mass is 9.89. The summed E-state index contributed by atoms with van der Waals surface area (Å²) in [5.41, 5.74) is 8.20. The summed E-state index contributed by atoms with van der Waals surface area (Å²) in [5, 5.41) is 1.20. The first kappa shape index (κ1) is 15.1. The third-order valence-electron chi connectivity index (χ3n) is 5.17. The predicted octanol–water partition coefficient (Wildman–Crippen LogP) is 5.38. The smallest absolute Gasteiger partial charge is 0.0959 e. The molecular weight excluding hydrogens is 318 g/mol. The van der Waals surface area contributed by atoms with Gasteiger partial charge in [-0.1, -0.05) is 24.3 Å². The minimum atomic E-state index is 1.04. The van der Waals surface area contributed by atoms with Crippen molar-refractivity contribution < 1.29 is 0 Å². The largest absolute Gasteiger partial charge is 0.342 e. The molecule has 0 N–H and O–H groups in total. The molecule has 4 aromatic rings. The van der Waals surface area contributed by atoms with Gasteiger partial charge < -0.3 is 4.57 Å². The Kier molecular flexibility index (Phi) is 3.45. The average Bonchev–Trinajstić information content (AvgIpc) is 3.01. The van der Waals surface area contributed by atoms with Gasteiger partial charge in [0.05, 0.1) is 22.2 Å². The molecule has 3 heterocycles. The molecule has 1 aliphatic carbocycles. The molecule has 0 saturated heterocycles. The monoisotopic (exact) mass is 337 g/mol. The third-order valence-corrected chi connectivity index (χ3v) is 5.17. The Hall–Kier alpha value is -3.20. The Morgan fingerprint density at radius 1 is 0.808 bits per heavy atom. The summed E-state index contributed by atoms with van der Waals surface area (Å²) >= 11 is 0. The topological polar surface area (TPSA) is 30.7 Å². The first-order valence-corrected chi connectivity index (χ1v) is 8.98. The van der Waals surface area contributed by atoms with Crippen LogP contribution in [0.5, 0.6) is 0 Å². The Balaban J connectivity index is 1.70. The molecule has 126 valence electrons. The van der Waals surface area contributed by atoms with Crippen molar-refractivity contribution in [3.05, 3.63) is 84.3 Å². The predicted molar refractivity (Wildman–Crippen MR) is 108 cm³/mol. The van der Waals surface area contributed by atoms with Crippen molar-refractivity contribution in [3.63, 3.8) is 0 Å². The van der Waals surface area contributed by atoms with Gasteiger partial charge in [-0.3, -0.25) is 9.97 Å². The lowest BCUT2D eigenvalue weighted by Crippen LogP contribution is -1.97. The van der Waals surface area contributed by atoms with Crippen LogP contribution < -0.4 is 0 Å². The van der Waals surface area contributed by atoms with Crippen LogP contribution in [0.25, 0.3) is 33.1 Å². The highest BCUT2D eigenvalue weighted by molar-refractivity contribution is 6.10. The maximum absolute atomic E-state index is 4.63. The SMILES string of the molecule is Cn1c2ccc(C3=CCCC=C3c3ccccn3)cc2c2ncccc21. The fraction of sp³-hybridized carbons (Fsp3) is 0.130. The lowest BCUT2D eigenvalue weighted by molar-refractivity contribution is 1.01. The van der Waals surface area contributed by atoms with E-state index >= 15 is 0 Å². The zero-order valence-corrected chi connectivity index (χ0v) is 14.7. The maximum Gasteiger partial charge on any atom is 0.0959 e. The van der Waals surface area contributed by atoms with Gasteiger partial charge in [0.15, 0.2) is 0 Å². The molecule has 1 aliphatic rings. The number of benzene rings is 1. The molecule has 1 aromatic carbocycles. The number of fused-ring (bicyclic) bond motifs is 3. The van der Waals surface area contributed by atoms with Crippen molar-refractivity contribution >= 4 is 33.1 Å². The van der Waals surface area contributed by atoms with Crippen molar-refractivity contribution in [1.82, 2.24) is 14.5 Å². The second kappa shape index (κ2) is 5.95. The van der Waals surface area contributed by atoms with Crippen LogP contribution in [-0.4, -0.2) is 14.5 Å². The Morgan fingerprint density at radius 3 is 2.50 bits per heavy atom. The van der Waals surface area contributed by atoms with Crippen LogP contribution >= 0.6 is 0 Å². The third kappa shape index (κ3) is 2.28. The van der Waals surface area contributed by atoms with Crippen LogP contribution in [0.4, 0.5) is 0 Å². The summed E-state index contributed by atoms with van der Waals surface area (Å²) < 4.78 is 2.21. The van der Waals surface area contributed by atoms with E-state index in [4.69, 9.17) is 0 Å². The number of pyridine rings is 2. The van der Waals surface area contributed by atoms with Crippen molar-refractivity contribution in [3.8, 4) is 0 Å². The van der Waals surface area contributed by atoms with E-state index in [2.05, 4.69) is 64.1 Å². The van der Waals surface area contributed by atoms with E-state index in [1.807, 2.05) is 30.6 Å². The standard InChI is InChI=1S/C23H19N3/c1-26-21-12-11-16(15-19(21)23-22(26)10-6-14-25-23)17-7-2-3-8-18(17)20-9-4-5-13-24-20/h4-15H,2-3H2,1H3. The van der Waals surface area contributed by atoms with Gasteiger partial charge in [-0.25, -0.2) is 0 Å². The van der Waals surface area contributed by atoms with Gasteiger partial charge in [0.25, 0.3) is 0 Å². The van der Waals surface area contributed by atoms with Crippen LogP contribution in [0, 0.1) is 0 Å². The molecule has 5 rings (SSSR count). The van der Waals surface area contributed by atoms with Crippen LogP contribution in [-0.2, 0) is 7.05 Å².